The highest BCUT2D eigenvalue weighted by Gasteiger charge is 2.80. The van der Waals surface area contributed by atoms with Crippen LogP contribution in [-0.2, 0) is 32.1 Å². The van der Waals surface area contributed by atoms with Crippen LogP contribution in [0.15, 0.2) is 60.7 Å². The van der Waals surface area contributed by atoms with Crippen LogP contribution in [0.2, 0.25) is 0 Å². The van der Waals surface area contributed by atoms with E-state index in [1.165, 1.54) is 4.90 Å². The van der Waals surface area contributed by atoms with Gasteiger partial charge in [-0.15, -0.1) is 0 Å². The molecule has 3 N–H and O–H groups in total. The van der Waals surface area contributed by atoms with Crippen LogP contribution in [0.5, 0.6) is 0 Å². The summed E-state index contributed by atoms with van der Waals surface area (Å²) in [6, 6.07) is 17.5. The summed E-state index contributed by atoms with van der Waals surface area (Å²) in [6.45, 7) is 7.70. The minimum atomic E-state index is -1.15. The number of aliphatic hydroxyl groups is 1. The summed E-state index contributed by atoms with van der Waals surface area (Å²) in [7, 11) is 0. The molecule has 3 saturated heterocycles. The second-order valence-corrected chi connectivity index (χ2v) is 11.8. The zero-order valence-corrected chi connectivity index (χ0v) is 23.1. The second-order valence-electron chi connectivity index (χ2n) is 11.8. The second kappa shape index (κ2) is 10.4. The molecule has 3 amide bonds. The summed E-state index contributed by atoms with van der Waals surface area (Å²) in [4.78, 5) is 43.6. The van der Waals surface area contributed by atoms with Crippen LogP contribution >= 0.6 is 0 Å². The van der Waals surface area contributed by atoms with Crippen LogP contribution in [0.25, 0.3) is 0 Å². The van der Waals surface area contributed by atoms with Crippen molar-refractivity contribution in [3.63, 3.8) is 0 Å². The summed E-state index contributed by atoms with van der Waals surface area (Å²) in [5, 5.41) is 16.5. The van der Waals surface area contributed by atoms with E-state index in [0.29, 0.717) is 19.4 Å². The number of carbonyl (C=O) groups excluding carboxylic acids is 3. The number of nitrogens with zero attached hydrogens (tertiary/aromatic N) is 1. The fourth-order valence-corrected chi connectivity index (χ4v) is 7.16. The Balaban J connectivity index is 1.52. The quantitative estimate of drug-likeness (QED) is 0.459. The molecule has 8 nitrogen and oxygen atoms in total. The van der Waals surface area contributed by atoms with E-state index >= 15 is 0 Å². The fourth-order valence-electron chi connectivity index (χ4n) is 7.16. The Hall–Kier alpha value is -3.23. The van der Waals surface area contributed by atoms with Crippen molar-refractivity contribution in [2.45, 2.75) is 76.4 Å². The van der Waals surface area contributed by atoms with Crippen molar-refractivity contribution < 1.29 is 24.2 Å². The summed E-state index contributed by atoms with van der Waals surface area (Å²) in [5.74, 6) is -2.49. The molecule has 5 rings (SSSR count). The number of hydrogen-bond donors (Lipinski definition) is 3. The van der Waals surface area contributed by atoms with Crippen molar-refractivity contribution in [2.75, 3.05) is 6.61 Å². The lowest BCUT2D eigenvalue weighted by Gasteiger charge is -2.37. The minimum absolute atomic E-state index is 0.0509. The van der Waals surface area contributed by atoms with Gasteiger partial charge in [-0.25, -0.2) is 0 Å². The number of aliphatic hydroxyl groups excluding tert-OH is 1. The SMILES string of the molecule is CC(C)NC(=O)C1N([C@@H](CO)Cc2ccccc2)C(=O)[C@@H]2[C@@H](C(=O)NCc3ccccc3)[C@]3(C)OC12CC3C. The topological polar surface area (TPSA) is 108 Å². The van der Waals surface area contributed by atoms with Gasteiger partial charge in [-0.2, -0.15) is 0 Å². The van der Waals surface area contributed by atoms with Gasteiger partial charge in [0.15, 0.2) is 0 Å². The van der Waals surface area contributed by atoms with Crippen LogP contribution in [0.3, 0.4) is 0 Å². The molecule has 2 bridgehead atoms. The Labute approximate surface area is 230 Å². The van der Waals surface area contributed by atoms with Gasteiger partial charge in [-0.1, -0.05) is 67.6 Å². The van der Waals surface area contributed by atoms with Gasteiger partial charge in [0.2, 0.25) is 17.7 Å². The van der Waals surface area contributed by atoms with Gasteiger partial charge in [-0.3, -0.25) is 14.4 Å². The number of rotatable bonds is 9. The van der Waals surface area contributed by atoms with Gasteiger partial charge < -0.3 is 25.4 Å². The van der Waals surface area contributed by atoms with E-state index in [2.05, 4.69) is 10.6 Å². The summed E-state index contributed by atoms with van der Waals surface area (Å²) < 4.78 is 6.76. The molecule has 3 aliphatic heterocycles. The molecular weight excluding hydrogens is 494 g/mol. The lowest BCUT2D eigenvalue weighted by molar-refractivity contribution is -0.151. The number of benzene rings is 2. The number of nitrogens with one attached hydrogen (secondary N) is 2. The van der Waals surface area contributed by atoms with Crippen molar-refractivity contribution in [1.29, 1.82) is 0 Å². The zero-order valence-electron chi connectivity index (χ0n) is 23.1. The summed E-state index contributed by atoms with van der Waals surface area (Å²) in [6.07, 6.45) is 0.869. The predicted molar refractivity (Wildman–Crippen MR) is 146 cm³/mol. The largest absolute Gasteiger partial charge is 0.394 e. The van der Waals surface area contributed by atoms with E-state index in [9.17, 15) is 19.5 Å². The van der Waals surface area contributed by atoms with E-state index in [0.717, 1.165) is 11.1 Å². The molecule has 0 aromatic heterocycles. The molecule has 3 aliphatic rings. The maximum Gasteiger partial charge on any atom is 0.246 e. The third kappa shape index (κ3) is 4.53. The highest BCUT2D eigenvalue weighted by molar-refractivity contribution is 5.99. The molecule has 3 fully saturated rings. The highest BCUT2D eigenvalue weighted by Crippen LogP contribution is 2.65. The van der Waals surface area contributed by atoms with E-state index < -0.39 is 35.1 Å². The molecule has 39 heavy (non-hydrogen) atoms. The normalized spacial score (nSPS) is 31.8. The van der Waals surface area contributed by atoms with Crippen molar-refractivity contribution >= 4 is 17.7 Å². The van der Waals surface area contributed by atoms with Crippen molar-refractivity contribution in [3.8, 4) is 0 Å². The van der Waals surface area contributed by atoms with Gasteiger partial charge in [0.25, 0.3) is 0 Å². The molecule has 0 radical (unpaired) electrons. The number of likely N-dealkylation sites (tertiary alicyclic amines) is 1. The van der Waals surface area contributed by atoms with Crippen LogP contribution in [0, 0.1) is 17.8 Å². The minimum Gasteiger partial charge on any atom is -0.394 e. The first-order valence-corrected chi connectivity index (χ1v) is 13.9. The van der Waals surface area contributed by atoms with Gasteiger partial charge >= 0.3 is 0 Å². The van der Waals surface area contributed by atoms with Crippen LogP contribution in [0.1, 0.15) is 45.2 Å². The van der Waals surface area contributed by atoms with Crippen molar-refractivity contribution in [1.82, 2.24) is 15.5 Å². The van der Waals surface area contributed by atoms with E-state index in [1.54, 1.807) is 0 Å². The van der Waals surface area contributed by atoms with Crippen LogP contribution < -0.4 is 10.6 Å². The Bertz CT molecular complexity index is 1220. The third-order valence-corrected chi connectivity index (χ3v) is 8.94. The average molecular weight is 534 g/mol. The van der Waals surface area contributed by atoms with Gasteiger partial charge in [0.1, 0.15) is 11.6 Å². The molecular formula is C31H39N3O5. The van der Waals surface area contributed by atoms with Gasteiger partial charge in [0.05, 0.1) is 30.1 Å². The molecule has 2 aromatic carbocycles. The number of fused-ring (bicyclic) bond motifs is 1. The molecule has 3 unspecified atom stereocenters. The molecule has 0 saturated carbocycles. The maximum absolute atomic E-state index is 14.4. The first-order chi connectivity index (χ1) is 18.6. The summed E-state index contributed by atoms with van der Waals surface area (Å²) in [5.41, 5.74) is -0.134. The number of amides is 3. The highest BCUT2D eigenvalue weighted by atomic mass is 16.5. The molecule has 8 heteroatoms. The fraction of sp³-hybridized carbons (Fsp3) is 0.516. The number of hydrogen-bond acceptors (Lipinski definition) is 5. The lowest BCUT2D eigenvalue weighted by atomic mass is 9.62. The monoisotopic (exact) mass is 533 g/mol. The van der Waals surface area contributed by atoms with Crippen LogP contribution in [0.4, 0.5) is 0 Å². The average Bonchev–Trinajstić information content (AvgIpc) is 3.43. The molecule has 2 aromatic rings. The molecule has 1 spiro atoms. The predicted octanol–water partition coefficient (Wildman–Crippen LogP) is 2.44. The molecule has 7 atom stereocenters. The third-order valence-electron chi connectivity index (χ3n) is 8.94. The molecule has 3 heterocycles. The zero-order chi connectivity index (χ0) is 27.9. The first kappa shape index (κ1) is 27.3. The van der Waals surface area contributed by atoms with Gasteiger partial charge in [0, 0.05) is 12.6 Å². The lowest BCUT2D eigenvalue weighted by Crippen LogP contribution is -2.59. The first-order valence-electron chi connectivity index (χ1n) is 13.9. The van der Waals surface area contributed by atoms with Crippen LogP contribution in [-0.4, -0.2) is 63.7 Å². The standard InChI is InChI=1S/C31H39N3O5/c1-19(2)33-28(37)26-31-16-20(3)30(4,39-31)24(27(36)32-17-22-13-9-6-10-14-22)25(31)29(38)34(26)23(18-35)15-21-11-7-5-8-12-21/h5-14,19-20,23-26,35H,15-18H2,1-4H3,(H,32,36)(H,33,37)/t20?,23-,24+,25+,26?,30-,31?/m1/s1. The number of ether oxygens (including phenoxy) is 1. The van der Waals surface area contributed by atoms with Gasteiger partial charge in [-0.05, 0) is 50.7 Å². The Morgan fingerprint density at radius 3 is 2.26 bits per heavy atom. The number of carbonyl (C=O) groups is 3. The molecule has 208 valence electrons. The smallest absolute Gasteiger partial charge is 0.246 e. The van der Waals surface area contributed by atoms with Crippen molar-refractivity contribution in [3.05, 3.63) is 71.8 Å². The van der Waals surface area contributed by atoms with E-state index in [-0.39, 0.29) is 36.3 Å². The maximum atomic E-state index is 14.4. The Kier molecular flexibility index (Phi) is 7.29. The Morgan fingerprint density at radius 2 is 1.67 bits per heavy atom. The summed E-state index contributed by atoms with van der Waals surface area (Å²) >= 11 is 0. The Morgan fingerprint density at radius 1 is 1.05 bits per heavy atom. The van der Waals surface area contributed by atoms with E-state index in [4.69, 9.17) is 4.74 Å². The van der Waals surface area contributed by atoms with E-state index in [1.807, 2.05) is 88.4 Å². The van der Waals surface area contributed by atoms with Crippen molar-refractivity contribution in [2.24, 2.45) is 17.8 Å². The molecule has 0 aliphatic carbocycles.